The number of ketones is 2. The summed E-state index contributed by atoms with van der Waals surface area (Å²) in [4.78, 5) is 174. The maximum absolute atomic E-state index is 15.4. The van der Waals surface area contributed by atoms with E-state index in [0.29, 0.717) is 149 Å². The number of likely N-dealkylation sites (N-methyl/N-ethyl adjacent to an activating group) is 3. The lowest BCUT2D eigenvalue weighted by atomic mass is 9.83. The number of carbonyl (C=O) groups is 12. The van der Waals surface area contributed by atoms with Gasteiger partial charge in [-0.2, -0.15) is 0 Å². The number of unbranched alkanes of at least 4 members (excludes halogenated alkanes) is 1. The van der Waals surface area contributed by atoms with E-state index in [1.54, 1.807) is 70.5 Å². The van der Waals surface area contributed by atoms with Crippen molar-refractivity contribution in [2.75, 3.05) is 221 Å². The Kier molecular flexibility index (Phi) is 61.5. The molecule has 14 N–H and O–H groups in total. The molecule has 6 rings (SSSR count). The van der Waals surface area contributed by atoms with Crippen LogP contribution >= 0.6 is 0 Å². The number of rotatable bonds is 77. The van der Waals surface area contributed by atoms with Crippen molar-refractivity contribution in [2.24, 2.45) is 47.2 Å². The molecule has 1 aromatic carbocycles. The lowest BCUT2D eigenvalue weighted by molar-refractivity contribution is -0.869. The van der Waals surface area contributed by atoms with Crippen LogP contribution in [0.25, 0.3) is 0 Å². The molecule has 149 heavy (non-hydrogen) atoms. The third-order valence-electron chi connectivity index (χ3n) is 28.1. The number of nitrogens with two attached hydrogens (primary N) is 1. The average molecular weight is 2110 g/mol. The number of quaternary nitrogens is 1. The number of hydrogen-bond acceptors (Lipinski definition) is 31. The van der Waals surface area contributed by atoms with E-state index in [2.05, 4.69) is 80.3 Å². The Morgan fingerprint density at radius 3 is 1.62 bits per heavy atom. The van der Waals surface area contributed by atoms with Gasteiger partial charge in [-0.15, -0.1) is 11.1 Å². The van der Waals surface area contributed by atoms with E-state index in [0.717, 1.165) is 91.6 Å². The molecule has 2 unspecified atom stereocenters. The topological polar surface area (TPSA) is 510 Å². The number of carbonyl (C=O) groups excluding carboxylic acids is 12. The molecule has 11 amide bonds. The van der Waals surface area contributed by atoms with Crippen molar-refractivity contribution in [3.05, 3.63) is 58.7 Å². The van der Waals surface area contributed by atoms with Crippen LogP contribution in [0.5, 0.6) is 0 Å². The minimum atomic E-state index is -1.20. The number of hydrogen-bond donors (Lipinski definition) is 13. The minimum Gasteiger partial charge on any atom is -0.386 e. The predicted octanol–water partition coefficient (Wildman–Crippen LogP) is 5.05. The first kappa shape index (κ1) is 129. The number of methoxy groups -OCH3 is 2. The first-order chi connectivity index (χ1) is 71.3. The molecule has 850 valence electrons. The second kappa shape index (κ2) is 71.1. The largest absolute Gasteiger partial charge is 0.386 e. The summed E-state index contributed by atoms with van der Waals surface area (Å²) in [5.74, 6) is -8.68. The van der Waals surface area contributed by atoms with Crippen LogP contribution in [-0.2, 0) is 110 Å². The van der Waals surface area contributed by atoms with Crippen molar-refractivity contribution in [2.45, 2.75) is 284 Å². The van der Waals surface area contributed by atoms with Crippen LogP contribution in [0.4, 0.5) is 4.79 Å². The first-order valence-corrected chi connectivity index (χ1v) is 54.4. The minimum absolute atomic E-state index is 0.0295. The number of aliphatic hydroxyl groups is 1. The summed E-state index contributed by atoms with van der Waals surface area (Å²) >= 11 is 0. The highest BCUT2D eigenvalue weighted by Gasteiger charge is 2.46. The van der Waals surface area contributed by atoms with E-state index in [1.165, 1.54) is 26.2 Å². The predicted molar refractivity (Wildman–Crippen MR) is 561 cm³/mol. The van der Waals surface area contributed by atoms with Crippen LogP contribution in [0.3, 0.4) is 0 Å². The number of nitrogens with zero attached hydrogens (tertiary/aromatic N) is 6. The molecule has 1 fully saturated rings. The number of benzene rings is 1. The third kappa shape index (κ3) is 46.9. The molecule has 0 aromatic heterocycles. The number of allylic oxidation sites excluding steroid dienone is 2. The molecule has 43 heteroatoms. The molecule has 3 heterocycles. The monoisotopic (exact) mass is 2110 g/mol. The highest BCUT2D eigenvalue weighted by Crippen LogP contribution is 2.35. The molecule has 0 spiro atoms. The number of primary amides is 1. The van der Waals surface area contributed by atoms with Crippen molar-refractivity contribution < 1.29 is 124 Å². The Labute approximate surface area is 885 Å². The van der Waals surface area contributed by atoms with Gasteiger partial charge in [0.25, 0.3) is 0 Å². The maximum Gasteiger partial charge on any atom is 0.312 e. The zero-order valence-electron chi connectivity index (χ0n) is 92.7. The fourth-order valence-corrected chi connectivity index (χ4v) is 19.4. The van der Waals surface area contributed by atoms with E-state index in [4.69, 9.17) is 62.6 Å². The van der Waals surface area contributed by atoms with Gasteiger partial charge in [0.05, 0.1) is 230 Å². The van der Waals surface area contributed by atoms with Crippen molar-refractivity contribution in [3.63, 3.8) is 0 Å². The summed E-state index contributed by atoms with van der Waals surface area (Å²) in [6.07, 6.45) is 8.36. The quantitative estimate of drug-likeness (QED) is 0.0300. The molecule has 2 aliphatic carbocycles. The number of aliphatic hydroxyl groups excluding tert-OH is 1. The molecule has 1 saturated heterocycles. The lowest BCUT2D eigenvalue weighted by Gasteiger charge is -2.41. The lowest BCUT2D eigenvalue weighted by Crippen LogP contribution is -2.55. The summed E-state index contributed by atoms with van der Waals surface area (Å²) in [7, 11) is 14.4. The van der Waals surface area contributed by atoms with Gasteiger partial charge < -0.3 is 135 Å². The molecule has 1 aromatic rings. The molecular weight excluding hydrogens is 1930 g/mol. The van der Waals surface area contributed by atoms with E-state index >= 15 is 19.2 Å². The van der Waals surface area contributed by atoms with E-state index in [-0.39, 0.29) is 145 Å². The number of ether oxygens (including phenoxy) is 12. The molecule has 43 nitrogen and oxygen atoms in total. The summed E-state index contributed by atoms with van der Waals surface area (Å²) in [5.41, 5.74) is 23.1. The van der Waals surface area contributed by atoms with Gasteiger partial charge in [0.2, 0.25) is 53.2 Å². The Morgan fingerprint density at radius 2 is 1.07 bits per heavy atom. The van der Waals surface area contributed by atoms with Crippen LogP contribution in [0.1, 0.15) is 229 Å². The summed E-state index contributed by atoms with van der Waals surface area (Å²) in [6, 6.07) is 2.99. The normalized spacial score (nSPS) is 18.5. The Hall–Kier alpha value is -8.90. The van der Waals surface area contributed by atoms with Gasteiger partial charge in [-0.25, -0.2) is 4.79 Å². The van der Waals surface area contributed by atoms with Gasteiger partial charge in [-0.1, -0.05) is 125 Å². The number of Topliss-reactive ketones (excluding diaryl/α,β-unsaturated/α-hetero) is 2. The number of nitrogens with one attached hydrogen (secondary N) is 11. The standard InChI is InChI=1S/C106H186N18O25/c1-19-75(8)99(89(138-17)69-94(131)122-48-32-39-84(122)101(139-18)76(9)102(133)112-77(10)100(132)78-33-23-20-24-34-78)120(12)105(136)80(72(2)3)68-86(126)98(74(6)7)119(11)104(135)79(35-31-45-111-106(107)137)67-85(125)95(73(4)5)114-103(134)81(113-91(128)43-52-141-56-60-145-63-65-146-61-57-142-53-47-110-93(130)71-148-87-40-27-21-25-37-82-96(87)115-117-121(82)13)36-29-30-44-108-92(129)70-149-88-41-28-22-26-38-83-97(88)116-118-123(83)49-54-143-58-62-147-66-64-144-59-55-140-51-42-90(127)109-46-50-124(14,15)16/h20,23-24,33-34,72-77,79-81,84,87-89,95,98-101,115-118,132H,19,21-22,25-32,35-71H2,1-18H3,(H8-,107,108,109,110,111,112,113,114,127,128,129,130,133,134,137)/p+1/t75-,76+,77+,79+,80-,81+,84-,87?,88?,89+,95-,98-,99-,100+,101+/m0/s1. The zero-order chi connectivity index (χ0) is 109. The van der Waals surface area contributed by atoms with Gasteiger partial charge in [-0.05, 0) is 120 Å². The SMILES string of the molecule is CC[C@H](C)[C@@H]([C@@H](CC(=O)N1CCC[C@H]1[C@H](OC)[C@@H](C)C(=O)N[C@H](C)[C@@H](O)c1ccccc1)OC)N(C)C(=O)[C@@H](CC(=O)[C@H](C(C)C)N(C)C(=O)[C@H](CCCNC(N)=O)CC(=O)[C@@H](NC(=O)[C@@H](CCCCNC(=O)COC1CCCCCC2=C1NNN2CCOCCOCCOCCOCCC(=O)NCC[N+](C)(C)C)NC(=O)CCOCCOCCOCCOCCNC(=O)COC1CCCCCC2=C1NNN2C)C(C)C)C(C)C. The van der Waals surface area contributed by atoms with Crippen LogP contribution in [-0.4, -0.2) is 387 Å². The van der Waals surface area contributed by atoms with Gasteiger partial charge in [0.15, 0.2) is 11.6 Å². The van der Waals surface area contributed by atoms with Gasteiger partial charge in [0, 0.05) is 99.1 Å². The van der Waals surface area contributed by atoms with E-state index < -0.39 is 138 Å². The Balaban J connectivity index is 1.04. The fourth-order valence-electron chi connectivity index (χ4n) is 19.4. The van der Waals surface area contributed by atoms with E-state index in [1.807, 2.05) is 63.0 Å². The zero-order valence-corrected chi connectivity index (χ0v) is 92.7. The van der Waals surface area contributed by atoms with Crippen LogP contribution in [0.15, 0.2) is 53.1 Å². The highest BCUT2D eigenvalue weighted by atomic mass is 16.6. The Morgan fingerprint density at radius 1 is 0.523 bits per heavy atom. The van der Waals surface area contributed by atoms with Crippen molar-refractivity contribution in [1.82, 2.24) is 83.9 Å². The first-order valence-electron chi connectivity index (χ1n) is 54.4. The molecule has 3 aliphatic heterocycles. The molecule has 0 radical (unpaired) electrons. The molecule has 5 aliphatic rings. The average Bonchev–Trinajstić information content (AvgIpc) is 1.77. The van der Waals surface area contributed by atoms with Gasteiger partial charge >= 0.3 is 6.03 Å². The molecule has 0 bridgehead atoms. The maximum atomic E-state index is 15.4. The summed E-state index contributed by atoms with van der Waals surface area (Å²) in [6.45, 7) is 25.6. The second-order valence-corrected chi connectivity index (χ2v) is 41.7. The van der Waals surface area contributed by atoms with Crippen molar-refractivity contribution in [3.8, 4) is 0 Å². The van der Waals surface area contributed by atoms with Crippen LogP contribution < -0.4 is 64.9 Å². The number of amides is 11. The second-order valence-electron chi connectivity index (χ2n) is 41.7. The smallest absolute Gasteiger partial charge is 0.312 e. The number of likely N-dealkylation sites (tertiary alicyclic amines) is 1. The molecular formula is C106H187N18O25+. The van der Waals surface area contributed by atoms with Crippen LogP contribution in [0, 0.1) is 41.4 Å². The van der Waals surface area contributed by atoms with Crippen molar-refractivity contribution in [1.29, 1.82) is 0 Å². The fraction of sp³-hybridized carbons (Fsp3) is 0.792. The summed E-state index contributed by atoms with van der Waals surface area (Å²) in [5, 5.41) is 35.1. The Bertz CT molecular complexity index is 4210. The third-order valence-corrected chi connectivity index (χ3v) is 28.1. The van der Waals surface area contributed by atoms with Gasteiger partial charge in [0.1, 0.15) is 31.5 Å². The number of urea groups is 1. The number of hydrazine groups is 4. The van der Waals surface area contributed by atoms with E-state index in [9.17, 15) is 43.5 Å². The van der Waals surface area contributed by atoms with Crippen molar-refractivity contribution >= 4 is 70.8 Å². The summed E-state index contributed by atoms with van der Waals surface area (Å²) < 4.78 is 71.0. The van der Waals surface area contributed by atoms with Crippen LogP contribution in [0.2, 0.25) is 0 Å². The van der Waals surface area contributed by atoms with Gasteiger partial charge in [-0.3, -0.25) is 62.8 Å². The molecule has 0 saturated carbocycles. The molecule has 15 atom stereocenters. The highest BCUT2D eigenvalue weighted by molar-refractivity contribution is 5.97.